The van der Waals surface area contributed by atoms with Crippen molar-refractivity contribution in [3.63, 3.8) is 0 Å². The van der Waals surface area contributed by atoms with Crippen molar-refractivity contribution in [2.45, 2.75) is 27.7 Å². The molecule has 3 atom stereocenters. The highest BCUT2D eigenvalue weighted by Crippen LogP contribution is 2.60. The molecule has 1 N–H and O–H groups in total. The van der Waals surface area contributed by atoms with Crippen LogP contribution in [0.4, 0.5) is 5.69 Å². The van der Waals surface area contributed by atoms with Gasteiger partial charge in [0.25, 0.3) is 0 Å². The Kier molecular flexibility index (Phi) is 5.32. The van der Waals surface area contributed by atoms with Gasteiger partial charge in [-0.25, -0.2) is 0 Å². The van der Waals surface area contributed by atoms with Gasteiger partial charge in [-0.1, -0.05) is 37.6 Å². The number of anilines is 1. The van der Waals surface area contributed by atoms with Crippen LogP contribution in [0.5, 0.6) is 5.75 Å². The van der Waals surface area contributed by atoms with Crippen LogP contribution < -0.4 is 10.1 Å². The van der Waals surface area contributed by atoms with Crippen LogP contribution in [0.2, 0.25) is 0 Å². The smallest absolute Gasteiger partial charge is 0.249 e. The Labute approximate surface area is 148 Å². The summed E-state index contributed by atoms with van der Waals surface area (Å²) >= 11 is 0. The molecule has 0 aliphatic heterocycles. The van der Waals surface area contributed by atoms with E-state index in [1.165, 1.54) is 7.11 Å². The minimum Gasteiger partial charge on any atom is -0.495 e. The number of Topliss-reactive ketones (excluding diaryl/α,β-unsaturated/α-hetero) is 1. The molecule has 25 heavy (non-hydrogen) atoms. The summed E-state index contributed by atoms with van der Waals surface area (Å²) in [5, 5.41) is 12.0. The number of allylic oxidation sites excluding steroid dienone is 2. The summed E-state index contributed by atoms with van der Waals surface area (Å²) < 4.78 is 5.18. The van der Waals surface area contributed by atoms with Gasteiger partial charge in [0, 0.05) is 5.92 Å². The molecule has 0 saturated heterocycles. The molecule has 1 aromatic rings. The molecule has 5 nitrogen and oxygen atoms in total. The monoisotopic (exact) mass is 340 g/mol. The summed E-state index contributed by atoms with van der Waals surface area (Å²) in [6, 6.07) is 8.76. The highest BCUT2D eigenvalue weighted by molar-refractivity contribution is 6.11. The molecule has 0 aromatic heterocycles. The molecular weight excluding hydrogens is 316 g/mol. The lowest BCUT2D eigenvalue weighted by Gasteiger charge is -2.12. The van der Waals surface area contributed by atoms with Crippen molar-refractivity contribution in [2.75, 3.05) is 12.4 Å². The van der Waals surface area contributed by atoms with Gasteiger partial charge in [-0.05, 0) is 37.3 Å². The van der Waals surface area contributed by atoms with E-state index in [-0.39, 0.29) is 23.0 Å². The number of ether oxygens (including phenoxy) is 1. The summed E-state index contributed by atoms with van der Waals surface area (Å²) in [4.78, 5) is 25.3. The van der Waals surface area contributed by atoms with E-state index in [1.54, 1.807) is 24.3 Å². The zero-order valence-electron chi connectivity index (χ0n) is 15.3. The number of hydrogen-bond donors (Lipinski definition) is 1. The van der Waals surface area contributed by atoms with Crippen LogP contribution in [-0.2, 0) is 9.59 Å². The highest BCUT2D eigenvalue weighted by atomic mass is 16.5. The number of rotatable bonds is 6. The lowest BCUT2D eigenvalue weighted by Crippen LogP contribution is -2.30. The predicted molar refractivity (Wildman–Crippen MR) is 95.9 cm³/mol. The molecule has 2 rings (SSSR count). The Balaban J connectivity index is 2.17. The van der Waals surface area contributed by atoms with Crippen molar-refractivity contribution in [1.82, 2.24) is 0 Å². The fourth-order valence-electron chi connectivity index (χ4n) is 3.28. The molecular formula is C20H24N2O3. The minimum atomic E-state index is -1.33. The number of carbonyl (C=O) groups excluding carboxylic acids is 2. The normalized spacial score (nSPS) is 21.4. The zero-order valence-corrected chi connectivity index (χ0v) is 15.3. The number of benzene rings is 1. The van der Waals surface area contributed by atoms with Gasteiger partial charge in [0.1, 0.15) is 5.75 Å². The first kappa shape index (κ1) is 18.7. The molecule has 1 saturated carbocycles. The molecule has 5 heteroatoms. The summed E-state index contributed by atoms with van der Waals surface area (Å²) in [5.74, 6) is -2.02. The van der Waals surface area contributed by atoms with Crippen LogP contribution in [0.15, 0.2) is 35.9 Å². The fraction of sp³-hybridized carbons (Fsp3) is 0.450. The van der Waals surface area contributed by atoms with Gasteiger partial charge in [-0.2, -0.15) is 5.26 Å². The van der Waals surface area contributed by atoms with Crippen molar-refractivity contribution in [3.8, 4) is 11.8 Å². The number of amides is 1. The molecule has 0 heterocycles. The fourth-order valence-corrected chi connectivity index (χ4v) is 3.28. The van der Waals surface area contributed by atoms with E-state index >= 15 is 0 Å². The Morgan fingerprint density at radius 1 is 1.32 bits per heavy atom. The third-order valence-corrected chi connectivity index (χ3v) is 4.77. The van der Waals surface area contributed by atoms with Crippen LogP contribution in [0, 0.1) is 34.5 Å². The quantitative estimate of drug-likeness (QED) is 0.634. The van der Waals surface area contributed by atoms with E-state index in [2.05, 4.69) is 11.4 Å². The molecule has 132 valence electrons. The summed E-state index contributed by atoms with van der Waals surface area (Å²) in [6.45, 7) is 7.94. The summed E-state index contributed by atoms with van der Waals surface area (Å²) in [7, 11) is 1.49. The molecule has 0 spiro atoms. The van der Waals surface area contributed by atoms with E-state index in [0.29, 0.717) is 11.4 Å². The number of ketones is 1. The molecule has 0 unspecified atom stereocenters. The minimum absolute atomic E-state index is 0.0694. The second-order valence-electron chi connectivity index (χ2n) is 7.22. The SMILES string of the molecule is COc1ccccc1NC(=O)[C@H](C#N)C(=O)[C@@H]1[C@@H](C=C(C)C)C1(C)C. The first-order valence-corrected chi connectivity index (χ1v) is 8.26. The maximum atomic E-state index is 12.8. The van der Waals surface area contributed by atoms with E-state index in [9.17, 15) is 14.9 Å². The molecule has 0 bridgehead atoms. The zero-order chi connectivity index (χ0) is 18.8. The molecule has 1 fully saturated rings. The molecule has 1 aromatic carbocycles. The van der Waals surface area contributed by atoms with Gasteiger partial charge in [0.15, 0.2) is 11.7 Å². The molecule has 0 radical (unpaired) electrons. The Morgan fingerprint density at radius 3 is 2.52 bits per heavy atom. The largest absolute Gasteiger partial charge is 0.495 e. The van der Waals surface area contributed by atoms with Crippen molar-refractivity contribution in [1.29, 1.82) is 5.26 Å². The van der Waals surface area contributed by atoms with E-state index < -0.39 is 11.8 Å². The van der Waals surface area contributed by atoms with Crippen LogP contribution in [-0.4, -0.2) is 18.8 Å². The maximum absolute atomic E-state index is 12.8. The van der Waals surface area contributed by atoms with Crippen LogP contribution in [0.3, 0.4) is 0 Å². The Hall–Kier alpha value is -2.61. The lowest BCUT2D eigenvalue weighted by molar-refractivity contribution is -0.130. The number of methoxy groups -OCH3 is 1. The van der Waals surface area contributed by atoms with Gasteiger partial charge in [-0.3, -0.25) is 9.59 Å². The summed E-state index contributed by atoms with van der Waals surface area (Å²) in [5.41, 5.74) is 1.34. The first-order chi connectivity index (χ1) is 11.7. The number of nitriles is 1. The van der Waals surface area contributed by atoms with Crippen molar-refractivity contribution in [2.24, 2.45) is 23.2 Å². The van der Waals surface area contributed by atoms with E-state index in [0.717, 1.165) is 5.57 Å². The maximum Gasteiger partial charge on any atom is 0.249 e. The first-order valence-electron chi connectivity index (χ1n) is 8.26. The molecule has 1 aliphatic rings. The van der Waals surface area contributed by atoms with E-state index in [1.807, 2.05) is 33.8 Å². The highest BCUT2D eigenvalue weighted by Gasteiger charge is 2.61. The average molecular weight is 340 g/mol. The van der Waals surface area contributed by atoms with Gasteiger partial charge < -0.3 is 10.1 Å². The van der Waals surface area contributed by atoms with Crippen molar-refractivity contribution in [3.05, 3.63) is 35.9 Å². The van der Waals surface area contributed by atoms with Gasteiger partial charge in [-0.15, -0.1) is 0 Å². The predicted octanol–water partition coefficient (Wildman–Crippen LogP) is 3.58. The standard InChI is InChI=1S/C20H24N2O3/c1-12(2)10-14-17(20(14,3)4)18(23)13(11-21)19(24)22-15-8-6-7-9-16(15)25-5/h6-10,13-14,17H,1-5H3,(H,22,24)/t13-,14-,17+/m1/s1. The van der Waals surface area contributed by atoms with Crippen molar-refractivity contribution < 1.29 is 14.3 Å². The van der Waals surface area contributed by atoms with Crippen molar-refractivity contribution >= 4 is 17.4 Å². The van der Waals surface area contributed by atoms with Gasteiger partial charge >= 0.3 is 0 Å². The van der Waals surface area contributed by atoms with Crippen LogP contribution >= 0.6 is 0 Å². The number of nitrogens with zero attached hydrogens (tertiary/aromatic N) is 1. The van der Waals surface area contributed by atoms with Gasteiger partial charge in [0.05, 0.1) is 18.9 Å². The number of para-hydroxylation sites is 2. The number of hydrogen-bond acceptors (Lipinski definition) is 4. The second kappa shape index (κ2) is 7.10. The van der Waals surface area contributed by atoms with Crippen LogP contribution in [0.25, 0.3) is 0 Å². The molecule has 1 aliphatic carbocycles. The lowest BCUT2D eigenvalue weighted by atomic mass is 9.96. The Morgan fingerprint density at radius 2 is 1.96 bits per heavy atom. The topological polar surface area (TPSA) is 79.2 Å². The Bertz CT molecular complexity index is 754. The van der Waals surface area contributed by atoms with Gasteiger partial charge in [0.2, 0.25) is 5.91 Å². The number of carbonyl (C=O) groups is 2. The van der Waals surface area contributed by atoms with E-state index in [4.69, 9.17) is 4.74 Å². The third kappa shape index (κ3) is 3.74. The number of nitrogens with one attached hydrogen (secondary N) is 1. The van der Waals surface area contributed by atoms with Crippen LogP contribution in [0.1, 0.15) is 27.7 Å². The molecule has 1 amide bonds. The third-order valence-electron chi connectivity index (χ3n) is 4.77. The second-order valence-corrected chi connectivity index (χ2v) is 7.22. The average Bonchev–Trinajstić information content (AvgIpc) is 3.08. The summed E-state index contributed by atoms with van der Waals surface area (Å²) in [6.07, 6.45) is 2.05.